The number of fused-ring (bicyclic) bond motifs is 1. The predicted octanol–water partition coefficient (Wildman–Crippen LogP) is 1.81. The highest BCUT2D eigenvalue weighted by atomic mass is 35.5. The Morgan fingerprint density at radius 3 is 2.22 bits per heavy atom. The smallest absolute Gasteiger partial charge is 0.325 e. The third kappa shape index (κ3) is 7.75. The van der Waals surface area contributed by atoms with Gasteiger partial charge in [-0.25, -0.2) is 0 Å². The molecule has 1 aromatic heterocycles. The van der Waals surface area contributed by atoms with Crippen molar-refractivity contribution in [2.75, 3.05) is 61.0 Å². The van der Waals surface area contributed by atoms with E-state index in [1.54, 1.807) is 60.7 Å². The van der Waals surface area contributed by atoms with Crippen molar-refractivity contribution in [2.45, 2.75) is 51.1 Å². The molecule has 2 aromatic rings. The van der Waals surface area contributed by atoms with Gasteiger partial charge in [0.25, 0.3) is 11.8 Å². The maximum absolute atomic E-state index is 14.1. The van der Waals surface area contributed by atoms with E-state index in [9.17, 15) is 24.0 Å². The lowest BCUT2D eigenvalue weighted by molar-refractivity contribution is -0.141. The summed E-state index contributed by atoms with van der Waals surface area (Å²) in [6.45, 7) is 2.61. The average molecular weight is 663 g/mol. The SMILES string of the molecule is CNC(C)C(=O)NC(C(=O)N1CCN(C(=O)c2c(C(=O)N(C)CC(=O)OC)c3ccc(OC)cc3n2C)CC1)C1CCCCC1.Cl. The van der Waals surface area contributed by atoms with E-state index >= 15 is 0 Å². The number of piperazine rings is 1. The summed E-state index contributed by atoms with van der Waals surface area (Å²) in [6.07, 6.45) is 4.96. The summed E-state index contributed by atoms with van der Waals surface area (Å²) in [6, 6.07) is 4.17. The van der Waals surface area contributed by atoms with Crippen molar-refractivity contribution in [1.29, 1.82) is 0 Å². The van der Waals surface area contributed by atoms with Crippen LogP contribution >= 0.6 is 12.4 Å². The van der Waals surface area contributed by atoms with Crippen molar-refractivity contribution in [1.82, 2.24) is 29.9 Å². The van der Waals surface area contributed by atoms with E-state index < -0.39 is 24.0 Å². The highest BCUT2D eigenvalue weighted by molar-refractivity contribution is 6.16. The molecule has 13 nitrogen and oxygen atoms in total. The molecular formula is C32H47ClN6O7. The van der Waals surface area contributed by atoms with Gasteiger partial charge >= 0.3 is 5.97 Å². The highest BCUT2D eigenvalue weighted by Gasteiger charge is 2.37. The topological polar surface area (TPSA) is 143 Å². The second-order valence-electron chi connectivity index (χ2n) is 11.9. The van der Waals surface area contributed by atoms with E-state index in [2.05, 4.69) is 10.6 Å². The molecule has 46 heavy (non-hydrogen) atoms. The fourth-order valence-electron chi connectivity index (χ4n) is 6.27. The number of likely N-dealkylation sites (N-methyl/N-ethyl adjacent to an activating group) is 2. The number of carbonyl (C=O) groups excluding carboxylic acids is 5. The van der Waals surface area contributed by atoms with Gasteiger partial charge in [-0.15, -0.1) is 12.4 Å². The summed E-state index contributed by atoms with van der Waals surface area (Å²) in [5.41, 5.74) is 1.00. The minimum atomic E-state index is -0.612. The molecule has 0 radical (unpaired) electrons. The number of rotatable bonds is 10. The zero-order valence-corrected chi connectivity index (χ0v) is 28.4. The average Bonchev–Trinajstić information content (AvgIpc) is 3.36. The van der Waals surface area contributed by atoms with Crippen molar-refractivity contribution >= 4 is 52.9 Å². The molecule has 4 amide bonds. The fraction of sp³-hybridized carbons (Fsp3) is 0.594. The second-order valence-corrected chi connectivity index (χ2v) is 11.9. The molecule has 2 aliphatic rings. The van der Waals surface area contributed by atoms with Gasteiger partial charge in [0.15, 0.2) is 0 Å². The minimum absolute atomic E-state index is 0. The first-order valence-electron chi connectivity index (χ1n) is 15.6. The molecule has 2 unspecified atom stereocenters. The lowest BCUT2D eigenvalue weighted by Crippen LogP contribution is -2.59. The molecule has 254 valence electrons. The fourth-order valence-corrected chi connectivity index (χ4v) is 6.27. The van der Waals surface area contributed by atoms with Gasteiger partial charge < -0.3 is 39.4 Å². The number of hydrogen-bond donors (Lipinski definition) is 2. The molecule has 0 bridgehead atoms. The van der Waals surface area contributed by atoms with Gasteiger partial charge in [0.05, 0.1) is 31.3 Å². The zero-order valence-electron chi connectivity index (χ0n) is 27.6. The van der Waals surface area contributed by atoms with Crippen LogP contribution in [0.1, 0.15) is 59.9 Å². The minimum Gasteiger partial charge on any atom is -0.497 e. The number of aryl methyl sites for hydroxylation is 1. The number of nitrogens with one attached hydrogen (secondary N) is 2. The Labute approximate surface area is 276 Å². The Morgan fingerprint density at radius 2 is 1.63 bits per heavy atom. The number of nitrogens with zero attached hydrogens (tertiary/aromatic N) is 4. The van der Waals surface area contributed by atoms with E-state index in [1.807, 2.05) is 0 Å². The van der Waals surface area contributed by atoms with Crippen LogP contribution in [0.4, 0.5) is 0 Å². The van der Waals surface area contributed by atoms with Crippen LogP contribution in [0.5, 0.6) is 5.75 Å². The Bertz CT molecular complexity index is 1430. The largest absolute Gasteiger partial charge is 0.497 e. The standard InChI is InChI=1S/C32H46N6O7.ClH/c1-20(33-2)29(40)34-27(21-10-8-7-9-11-21)31(42)37-14-16-38(17-15-37)32(43)28-26(30(41)35(3)19-25(39)45-6)23-13-12-22(44-5)18-24(23)36(28)4;/h12-13,18,20-21,27,33H,7-11,14-17,19H2,1-6H3,(H,34,40);1H. The van der Waals surface area contributed by atoms with Gasteiger partial charge in [-0.1, -0.05) is 19.3 Å². The molecule has 2 N–H and O–H groups in total. The number of halogens is 1. The number of amides is 4. The number of aromatic nitrogens is 1. The number of ether oxygens (including phenoxy) is 2. The Balaban J connectivity index is 0.00000576. The van der Waals surface area contributed by atoms with Crippen LogP contribution in [0.25, 0.3) is 10.9 Å². The second kappa shape index (κ2) is 16.1. The summed E-state index contributed by atoms with van der Waals surface area (Å²) >= 11 is 0. The van der Waals surface area contributed by atoms with Crippen LogP contribution in [0.3, 0.4) is 0 Å². The lowest BCUT2D eigenvalue weighted by Gasteiger charge is -2.39. The van der Waals surface area contributed by atoms with Crippen molar-refractivity contribution < 1.29 is 33.4 Å². The third-order valence-electron chi connectivity index (χ3n) is 9.15. The maximum atomic E-state index is 14.1. The summed E-state index contributed by atoms with van der Waals surface area (Å²) in [5.74, 6) is -1.11. The van der Waals surface area contributed by atoms with Gasteiger partial charge in [0.1, 0.15) is 24.0 Å². The van der Waals surface area contributed by atoms with Gasteiger partial charge in [-0.2, -0.15) is 0 Å². The Kier molecular flexibility index (Phi) is 12.8. The molecule has 4 rings (SSSR count). The van der Waals surface area contributed by atoms with Gasteiger partial charge in [0.2, 0.25) is 11.8 Å². The van der Waals surface area contributed by atoms with Crippen LogP contribution in [-0.2, 0) is 26.2 Å². The van der Waals surface area contributed by atoms with E-state index in [0.29, 0.717) is 29.7 Å². The van der Waals surface area contributed by atoms with Crippen molar-refractivity contribution in [3.05, 3.63) is 29.5 Å². The molecule has 1 aliphatic heterocycles. The van der Waals surface area contributed by atoms with Gasteiger partial charge in [-0.3, -0.25) is 24.0 Å². The normalized spacial score (nSPS) is 16.7. The van der Waals surface area contributed by atoms with E-state index in [0.717, 1.165) is 32.1 Å². The van der Waals surface area contributed by atoms with E-state index in [4.69, 9.17) is 9.47 Å². The zero-order chi connectivity index (χ0) is 32.8. The lowest BCUT2D eigenvalue weighted by atomic mass is 9.83. The molecule has 1 saturated carbocycles. The third-order valence-corrected chi connectivity index (χ3v) is 9.15. The quantitative estimate of drug-likeness (QED) is 0.367. The summed E-state index contributed by atoms with van der Waals surface area (Å²) in [4.78, 5) is 71.0. The predicted molar refractivity (Wildman–Crippen MR) is 175 cm³/mol. The highest BCUT2D eigenvalue weighted by Crippen LogP contribution is 2.31. The van der Waals surface area contributed by atoms with Crippen molar-refractivity contribution in [2.24, 2.45) is 13.0 Å². The maximum Gasteiger partial charge on any atom is 0.325 e. The number of carbonyl (C=O) groups is 5. The first-order chi connectivity index (χ1) is 21.5. The van der Waals surface area contributed by atoms with Gasteiger partial charge in [0, 0.05) is 51.7 Å². The van der Waals surface area contributed by atoms with Crippen LogP contribution in [0.15, 0.2) is 18.2 Å². The van der Waals surface area contributed by atoms with E-state index in [1.165, 1.54) is 19.1 Å². The number of methoxy groups -OCH3 is 2. The van der Waals surface area contributed by atoms with Crippen molar-refractivity contribution in [3.63, 3.8) is 0 Å². The summed E-state index contributed by atoms with van der Waals surface area (Å²) < 4.78 is 11.8. The molecule has 2 heterocycles. The molecule has 14 heteroatoms. The van der Waals surface area contributed by atoms with Crippen LogP contribution in [-0.4, -0.2) is 122 Å². The molecular weight excluding hydrogens is 616 g/mol. The molecule has 2 fully saturated rings. The monoisotopic (exact) mass is 662 g/mol. The van der Waals surface area contributed by atoms with Crippen LogP contribution < -0.4 is 15.4 Å². The molecule has 1 saturated heterocycles. The van der Waals surface area contributed by atoms with Gasteiger partial charge in [-0.05, 0) is 44.9 Å². The first-order valence-corrected chi connectivity index (χ1v) is 15.6. The van der Waals surface area contributed by atoms with Crippen LogP contribution in [0, 0.1) is 5.92 Å². The number of benzene rings is 1. The summed E-state index contributed by atoms with van der Waals surface area (Å²) in [7, 11) is 7.70. The van der Waals surface area contributed by atoms with Crippen LogP contribution in [0.2, 0.25) is 0 Å². The van der Waals surface area contributed by atoms with E-state index in [-0.39, 0.29) is 66.9 Å². The Hall–Kier alpha value is -3.84. The number of hydrogen-bond acceptors (Lipinski definition) is 8. The summed E-state index contributed by atoms with van der Waals surface area (Å²) in [5, 5.41) is 6.50. The molecule has 1 aromatic carbocycles. The molecule has 1 aliphatic carbocycles. The molecule has 2 atom stereocenters. The number of esters is 1. The van der Waals surface area contributed by atoms with Crippen molar-refractivity contribution in [3.8, 4) is 5.75 Å². The molecule has 0 spiro atoms. The first kappa shape index (κ1) is 36.6. The Morgan fingerprint density at radius 1 is 1.00 bits per heavy atom.